The molecule has 4 bridgehead atoms. The van der Waals surface area contributed by atoms with Crippen LogP contribution in [-0.4, -0.2) is 78.6 Å². The third kappa shape index (κ3) is 9.59. The van der Waals surface area contributed by atoms with Crippen molar-refractivity contribution >= 4 is 27.7 Å². The van der Waals surface area contributed by atoms with Gasteiger partial charge in [-0.2, -0.15) is 4.98 Å². The lowest BCUT2D eigenvalue weighted by molar-refractivity contribution is 0.0509. The number of nitrogens with zero attached hydrogens (tertiary/aromatic N) is 6. The van der Waals surface area contributed by atoms with Gasteiger partial charge in [0.25, 0.3) is 15.9 Å². The minimum absolute atomic E-state index is 0.0819. The third-order valence-electron chi connectivity index (χ3n) is 8.51. The molecule has 0 fully saturated rings. The highest BCUT2D eigenvalue weighted by molar-refractivity contribution is 7.92. The first-order valence-corrected chi connectivity index (χ1v) is 18.7. The van der Waals surface area contributed by atoms with E-state index in [0.717, 1.165) is 23.2 Å². The Morgan fingerprint density at radius 3 is 2.45 bits per heavy atom. The summed E-state index contributed by atoms with van der Waals surface area (Å²) >= 11 is 0. The van der Waals surface area contributed by atoms with Crippen LogP contribution in [0, 0.1) is 25.2 Å². The molecule has 1 amide bonds. The Bertz CT molecular complexity index is 1940. The van der Waals surface area contributed by atoms with Gasteiger partial charge in [0.05, 0.1) is 47.9 Å². The van der Waals surface area contributed by atoms with Crippen molar-refractivity contribution in [3.8, 4) is 17.1 Å². The van der Waals surface area contributed by atoms with Crippen molar-refractivity contribution in [2.75, 3.05) is 43.0 Å². The van der Waals surface area contributed by atoms with E-state index in [1.807, 2.05) is 32.0 Å². The van der Waals surface area contributed by atoms with Crippen molar-refractivity contribution in [1.82, 2.24) is 24.8 Å². The molecule has 0 spiro atoms. The second-order valence-electron chi connectivity index (χ2n) is 14.7. The molecule has 1 aliphatic heterocycles. The van der Waals surface area contributed by atoms with Crippen LogP contribution in [0.2, 0.25) is 0 Å². The number of nitrogens with one attached hydrogen (secondary N) is 1. The molecular weight excluding hydrogens is 667 g/mol. The fourth-order valence-corrected chi connectivity index (χ4v) is 7.28. The molecule has 0 unspecified atom stereocenters. The Morgan fingerprint density at radius 1 is 1.04 bits per heavy atom. The van der Waals surface area contributed by atoms with Gasteiger partial charge >= 0.3 is 0 Å². The number of carbonyl (C=O) groups is 1. The molecule has 2 aromatic carbocycles. The summed E-state index contributed by atoms with van der Waals surface area (Å²) in [7, 11) is -2.52. The van der Waals surface area contributed by atoms with E-state index in [1.54, 1.807) is 42.6 Å². The van der Waals surface area contributed by atoms with Crippen LogP contribution in [0.5, 0.6) is 5.88 Å². The van der Waals surface area contributed by atoms with Crippen LogP contribution in [-0.2, 0) is 21.3 Å². The first kappa shape index (κ1) is 37.6. The molecule has 0 aliphatic carbocycles. The number of methoxy groups -OCH3 is 1. The van der Waals surface area contributed by atoms with E-state index < -0.39 is 16.1 Å². The zero-order valence-corrected chi connectivity index (χ0v) is 31.6. The Morgan fingerprint density at radius 2 is 1.76 bits per heavy atom. The summed E-state index contributed by atoms with van der Waals surface area (Å²) in [5.74, 6) is 0.756. The molecule has 51 heavy (non-hydrogen) atoms. The molecule has 13 heteroatoms. The molecule has 272 valence electrons. The number of aryl methyl sites for hydroxylation is 2. The number of carbonyl (C=O) groups excluding carboxylic acids is 1. The van der Waals surface area contributed by atoms with E-state index in [4.69, 9.17) is 14.5 Å². The lowest BCUT2D eigenvalue weighted by Crippen LogP contribution is -2.45. The van der Waals surface area contributed by atoms with E-state index >= 15 is 0 Å². The molecule has 5 rings (SSSR count). The largest absolute Gasteiger partial charge is 0.475 e. The molecule has 0 saturated heterocycles. The molecule has 12 nitrogen and oxygen atoms in total. The van der Waals surface area contributed by atoms with Crippen molar-refractivity contribution in [3.05, 3.63) is 83.3 Å². The zero-order valence-electron chi connectivity index (χ0n) is 30.8. The molecule has 3 heterocycles. The van der Waals surface area contributed by atoms with Crippen molar-refractivity contribution in [3.63, 3.8) is 0 Å². The summed E-state index contributed by atoms with van der Waals surface area (Å²) in [6, 6.07) is 13.2. The number of ether oxygens (including phenoxy) is 2. The number of hydrogen-bond acceptors (Lipinski definition) is 10. The summed E-state index contributed by atoms with van der Waals surface area (Å²) in [6.45, 7) is 16.7. The van der Waals surface area contributed by atoms with Gasteiger partial charge in [0.2, 0.25) is 11.8 Å². The quantitative estimate of drug-likeness (QED) is 0.199. The van der Waals surface area contributed by atoms with Crippen LogP contribution in [0.25, 0.3) is 11.3 Å². The van der Waals surface area contributed by atoms with Gasteiger partial charge in [-0.3, -0.25) is 9.78 Å². The van der Waals surface area contributed by atoms with Crippen molar-refractivity contribution < 1.29 is 22.7 Å². The maximum absolute atomic E-state index is 14.6. The molecule has 1 aliphatic rings. The standard InChI is InChI=1S/C38H49N7O5S/c1-25(2)22-44(15-16-49-8)33-21-39-20-29(40-33)23-45-30(19-38(5,6)7)24-50-34-18-32(35-26(3)11-9-12-27(35)4)41-37(42-34)43-51(47,48)31-14-10-13-28(17-31)36(45)46/h9-14,17-18,20-21,25,30H,15-16,19,22-24H2,1-8H3,(H,41,42,43)/t30-/m1/s1. The van der Waals surface area contributed by atoms with E-state index in [9.17, 15) is 13.2 Å². The number of benzene rings is 2. The minimum Gasteiger partial charge on any atom is -0.475 e. The number of aromatic nitrogens is 4. The molecule has 1 N–H and O–H groups in total. The Labute approximate surface area is 301 Å². The molecule has 0 radical (unpaired) electrons. The second-order valence-corrected chi connectivity index (χ2v) is 16.4. The highest BCUT2D eigenvalue weighted by atomic mass is 32.2. The molecular formula is C38H49N7O5S. The average Bonchev–Trinajstić information content (AvgIpc) is 3.06. The molecule has 2 aromatic heterocycles. The van der Waals surface area contributed by atoms with E-state index in [0.29, 0.717) is 42.7 Å². The number of fused-ring (bicyclic) bond motifs is 4. The van der Waals surface area contributed by atoms with Crippen LogP contribution in [0.3, 0.4) is 0 Å². The van der Waals surface area contributed by atoms with Gasteiger partial charge < -0.3 is 19.3 Å². The predicted molar refractivity (Wildman–Crippen MR) is 198 cm³/mol. The summed E-state index contributed by atoms with van der Waals surface area (Å²) in [5, 5.41) is 0. The summed E-state index contributed by atoms with van der Waals surface area (Å²) < 4.78 is 41.8. The van der Waals surface area contributed by atoms with Gasteiger partial charge in [-0.05, 0) is 60.9 Å². The first-order chi connectivity index (χ1) is 24.1. The lowest BCUT2D eigenvalue weighted by Gasteiger charge is -2.35. The van der Waals surface area contributed by atoms with Gasteiger partial charge in [-0.15, -0.1) is 0 Å². The Hall–Kier alpha value is -4.62. The zero-order chi connectivity index (χ0) is 36.9. The van der Waals surface area contributed by atoms with Crippen LogP contribution in [0.15, 0.2) is 65.8 Å². The van der Waals surface area contributed by atoms with Gasteiger partial charge in [-0.25, -0.2) is 23.1 Å². The van der Waals surface area contributed by atoms with Gasteiger partial charge in [0, 0.05) is 37.4 Å². The maximum Gasteiger partial charge on any atom is 0.264 e. The average molecular weight is 716 g/mol. The van der Waals surface area contributed by atoms with Crippen LogP contribution in [0.4, 0.5) is 11.8 Å². The molecule has 0 saturated carbocycles. The fraction of sp³-hybridized carbons (Fsp3) is 0.447. The monoisotopic (exact) mass is 715 g/mol. The number of anilines is 2. The van der Waals surface area contributed by atoms with Gasteiger partial charge in [-0.1, -0.05) is 58.9 Å². The lowest BCUT2D eigenvalue weighted by atomic mass is 9.87. The summed E-state index contributed by atoms with van der Waals surface area (Å²) in [5.41, 5.74) is 3.90. The van der Waals surface area contributed by atoms with Crippen molar-refractivity contribution in [2.45, 2.75) is 72.4 Å². The normalized spacial score (nSPS) is 16.1. The first-order valence-electron chi connectivity index (χ1n) is 17.2. The maximum atomic E-state index is 14.6. The Kier molecular flexibility index (Phi) is 11.6. The van der Waals surface area contributed by atoms with Gasteiger partial charge in [0.15, 0.2) is 0 Å². The summed E-state index contributed by atoms with van der Waals surface area (Å²) in [4.78, 5) is 36.9. The number of sulfonamides is 1. The SMILES string of the molecule is COCCN(CC(C)C)c1cncc(CN2C(=O)c3cccc(c3)S(=O)(=O)Nc3nc(cc(-c4c(C)cccc4C)n3)OC[C@H]2CC(C)(C)C)n1. The minimum atomic E-state index is -4.19. The van der Waals surface area contributed by atoms with Crippen molar-refractivity contribution in [2.24, 2.45) is 11.3 Å². The highest BCUT2D eigenvalue weighted by Crippen LogP contribution is 2.32. The van der Waals surface area contributed by atoms with E-state index in [2.05, 4.69) is 59.2 Å². The fourth-order valence-electron chi connectivity index (χ4n) is 6.29. The highest BCUT2D eigenvalue weighted by Gasteiger charge is 2.32. The van der Waals surface area contributed by atoms with Crippen LogP contribution in [0.1, 0.15) is 68.2 Å². The number of amides is 1. The Balaban J connectivity index is 1.63. The van der Waals surface area contributed by atoms with E-state index in [1.165, 1.54) is 12.1 Å². The van der Waals surface area contributed by atoms with Crippen molar-refractivity contribution in [1.29, 1.82) is 0 Å². The van der Waals surface area contributed by atoms with Crippen LogP contribution >= 0.6 is 0 Å². The third-order valence-corrected chi connectivity index (χ3v) is 9.83. The van der Waals surface area contributed by atoms with E-state index in [-0.39, 0.29) is 46.8 Å². The summed E-state index contributed by atoms with van der Waals surface area (Å²) in [6.07, 6.45) is 3.95. The number of rotatable bonds is 10. The van der Waals surface area contributed by atoms with Crippen LogP contribution < -0.4 is 14.4 Å². The number of hydrogen-bond donors (Lipinski definition) is 1. The molecule has 4 aromatic rings. The predicted octanol–water partition coefficient (Wildman–Crippen LogP) is 6.30. The smallest absolute Gasteiger partial charge is 0.264 e. The van der Waals surface area contributed by atoms with Gasteiger partial charge in [0.1, 0.15) is 12.4 Å². The topological polar surface area (TPSA) is 140 Å². The molecule has 1 atom stereocenters. The second kappa shape index (κ2) is 15.7.